The van der Waals surface area contributed by atoms with Crippen LogP contribution in [0.1, 0.15) is 49.7 Å². The van der Waals surface area contributed by atoms with Gasteiger partial charge in [0, 0.05) is 56.6 Å². The van der Waals surface area contributed by atoms with Crippen LogP contribution in [-0.4, -0.2) is 78.5 Å². The zero-order chi connectivity index (χ0) is 37.3. The number of Topliss-reactive ketones (excluding diaryl/α,β-unsaturated/α-hetero) is 1. The largest absolute Gasteiger partial charge is 0.506 e. The molecule has 272 valence electrons. The van der Waals surface area contributed by atoms with E-state index in [-0.39, 0.29) is 24.1 Å². The Labute approximate surface area is 316 Å². The van der Waals surface area contributed by atoms with Crippen LogP contribution in [-0.2, 0) is 14.3 Å². The summed E-state index contributed by atoms with van der Waals surface area (Å²) in [6, 6.07) is 24.3. The molecular weight excluding hydrogens is 681 g/mol. The number of aliphatic hydroxyl groups excluding tert-OH is 1. The number of para-hydroxylation sites is 1. The molecule has 9 heteroatoms. The Balaban J connectivity index is 0.945. The van der Waals surface area contributed by atoms with E-state index in [1.54, 1.807) is 11.3 Å². The summed E-state index contributed by atoms with van der Waals surface area (Å²) in [5.74, 6) is -0.327. The second-order valence-corrected chi connectivity index (χ2v) is 14.0. The zero-order valence-corrected chi connectivity index (χ0v) is 31.7. The molecule has 2 aliphatic carbocycles. The molecule has 0 spiro atoms. The first-order valence-corrected chi connectivity index (χ1v) is 19.2. The fourth-order valence-corrected chi connectivity index (χ4v) is 7.45. The highest BCUT2D eigenvalue weighted by atomic mass is 32.1. The van der Waals surface area contributed by atoms with Crippen molar-refractivity contribution < 1.29 is 24.0 Å². The van der Waals surface area contributed by atoms with Gasteiger partial charge in [0.25, 0.3) is 0 Å². The van der Waals surface area contributed by atoms with Gasteiger partial charge in [-0.15, -0.1) is 11.3 Å². The summed E-state index contributed by atoms with van der Waals surface area (Å²) in [7, 11) is 2.03. The van der Waals surface area contributed by atoms with Crippen LogP contribution in [0.25, 0.3) is 27.9 Å². The summed E-state index contributed by atoms with van der Waals surface area (Å²) in [6.07, 6.45) is 12.8. The number of esters is 1. The van der Waals surface area contributed by atoms with E-state index in [9.17, 15) is 14.7 Å². The number of rotatable bonds is 15. The van der Waals surface area contributed by atoms with Gasteiger partial charge in [0.2, 0.25) is 5.78 Å². The number of ether oxygens (including phenoxy) is 1. The molecule has 0 saturated heterocycles. The third-order valence-electron chi connectivity index (χ3n) is 9.68. The molecule has 0 unspecified atom stereocenters. The van der Waals surface area contributed by atoms with Crippen molar-refractivity contribution in [3.05, 3.63) is 130 Å². The third kappa shape index (κ3) is 8.75. The third-order valence-corrected chi connectivity index (χ3v) is 10.7. The molecule has 0 fully saturated rings. The predicted molar refractivity (Wildman–Crippen MR) is 219 cm³/mol. The number of aromatic nitrogens is 1. The van der Waals surface area contributed by atoms with Crippen LogP contribution in [0.15, 0.2) is 114 Å². The van der Waals surface area contributed by atoms with E-state index in [0.717, 1.165) is 64.9 Å². The Morgan fingerprint density at radius 3 is 2.25 bits per heavy atom. The predicted octanol–water partition coefficient (Wildman–Crippen LogP) is 8.52. The van der Waals surface area contributed by atoms with Crippen LogP contribution in [0.5, 0.6) is 0 Å². The fourth-order valence-electron chi connectivity index (χ4n) is 6.57. The molecule has 0 amide bonds. The molecule has 1 N–H and O–H groups in total. The maximum Gasteiger partial charge on any atom is 0.306 e. The number of hydrogen-bond donors (Lipinski definition) is 1. The van der Waals surface area contributed by atoms with Crippen LogP contribution in [0.3, 0.4) is 0 Å². The van der Waals surface area contributed by atoms with Crippen molar-refractivity contribution in [2.75, 3.05) is 56.2 Å². The summed E-state index contributed by atoms with van der Waals surface area (Å²) >= 11 is 1.68. The molecular formula is C44H47N4O4S+. The Bertz CT molecular complexity index is 2100. The fraction of sp³-hybridized carbons (Fsp3) is 0.273. The van der Waals surface area contributed by atoms with Gasteiger partial charge < -0.3 is 19.6 Å². The standard InChI is InChI=1S/C44H46N4O4S/c1-5-47(6-2)35-23-17-32(18-24-35)41-43(50)42(44(41)51)33-19-25-36(26-20-33)48(7-3)29-30-52-40(49)13-10-28-46(4)34-21-14-31(15-22-34)16-27-39-45-37-11-8-9-12-38(37)53-39/h8-9,11-12,14-27H,5-7,10,13,28-30H2,1-4H3/p+1/b27-16+. The van der Waals surface area contributed by atoms with Crippen molar-refractivity contribution in [3.63, 3.8) is 0 Å². The summed E-state index contributed by atoms with van der Waals surface area (Å²) < 4.78 is 8.89. The van der Waals surface area contributed by atoms with Crippen molar-refractivity contribution in [1.82, 2.24) is 4.98 Å². The quantitative estimate of drug-likeness (QED) is 0.0747. The zero-order valence-electron chi connectivity index (χ0n) is 30.9. The molecule has 53 heavy (non-hydrogen) atoms. The molecule has 8 nitrogen and oxygen atoms in total. The highest BCUT2D eigenvalue weighted by Crippen LogP contribution is 2.39. The van der Waals surface area contributed by atoms with Gasteiger partial charge in [-0.05, 0) is 98.5 Å². The van der Waals surface area contributed by atoms with E-state index in [1.807, 2.05) is 80.7 Å². The van der Waals surface area contributed by atoms with Gasteiger partial charge in [-0.1, -0.05) is 42.5 Å². The molecule has 3 aromatic carbocycles. The number of aliphatic hydroxyl groups is 1. The summed E-state index contributed by atoms with van der Waals surface area (Å²) in [5.41, 5.74) is 7.36. The maximum absolute atomic E-state index is 13.1. The van der Waals surface area contributed by atoms with E-state index in [4.69, 9.17) is 4.74 Å². The second kappa shape index (κ2) is 17.3. The monoisotopic (exact) mass is 727 g/mol. The molecule has 0 atom stereocenters. The number of allylic oxidation sites excluding steroid dienone is 7. The minimum Gasteiger partial charge on any atom is -0.506 e. The van der Waals surface area contributed by atoms with Crippen LogP contribution in [0.4, 0.5) is 11.4 Å². The minimum atomic E-state index is -0.208. The highest BCUT2D eigenvalue weighted by Gasteiger charge is 2.36. The number of ketones is 1. The Morgan fingerprint density at radius 2 is 1.58 bits per heavy atom. The normalized spacial score (nSPS) is 14.0. The number of nitrogens with zero attached hydrogens (tertiary/aromatic N) is 4. The Morgan fingerprint density at radius 1 is 0.887 bits per heavy atom. The lowest BCUT2D eigenvalue weighted by Gasteiger charge is -2.25. The second-order valence-electron chi connectivity index (χ2n) is 13.0. The van der Waals surface area contributed by atoms with E-state index < -0.39 is 0 Å². The van der Waals surface area contributed by atoms with E-state index in [2.05, 4.69) is 75.7 Å². The first-order valence-electron chi connectivity index (χ1n) is 18.4. The highest BCUT2D eigenvalue weighted by molar-refractivity contribution is 7.19. The topological polar surface area (TPSA) is 86.0 Å². The van der Waals surface area contributed by atoms with Crippen molar-refractivity contribution >= 4 is 68.1 Å². The summed E-state index contributed by atoms with van der Waals surface area (Å²) in [4.78, 5) is 34.7. The number of hydrogen-bond acceptors (Lipinski definition) is 8. The number of fused-ring (bicyclic) bond motifs is 1. The van der Waals surface area contributed by atoms with Gasteiger partial charge in [-0.25, -0.2) is 9.56 Å². The number of anilines is 2. The van der Waals surface area contributed by atoms with Crippen molar-refractivity contribution in [2.45, 2.75) is 33.6 Å². The average Bonchev–Trinajstić information content (AvgIpc) is 3.61. The average molecular weight is 728 g/mol. The molecule has 0 saturated carbocycles. The number of likely N-dealkylation sites (N-methyl/N-ethyl adjacent to an activating group) is 1. The lowest BCUT2D eigenvalue weighted by molar-refractivity contribution is -0.524. The molecule has 1 heterocycles. The summed E-state index contributed by atoms with van der Waals surface area (Å²) in [6.45, 7) is 10.4. The van der Waals surface area contributed by atoms with Gasteiger partial charge in [-0.2, -0.15) is 0 Å². The van der Waals surface area contributed by atoms with Gasteiger partial charge in [0.15, 0.2) is 12.3 Å². The van der Waals surface area contributed by atoms with Gasteiger partial charge in [-0.3, -0.25) is 9.59 Å². The number of benzene rings is 3. The van der Waals surface area contributed by atoms with Crippen molar-refractivity contribution in [1.29, 1.82) is 0 Å². The van der Waals surface area contributed by atoms with Crippen LogP contribution < -0.4 is 9.80 Å². The van der Waals surface area contributed by atoms with Crippen LogP contribution in [0, 0.1) is 0 Å². The lowest BCUT2D eigenvalue weighted by atomic mass is 9.80. The lowest BCUT2D eigenvalue weighted by Crippen LogP contribution is -2.26. The van der Waals surface area contributed by atoms with Crippen LogP contribution in [0.2, 0.25) is 0 Å². The smallest absolute Gasteiger partial charge is 0.306 e. The van der Waals surface area contributed by atoms with Gasteiger partial charge in [0.05, 0.1) is 21.4 Å². The van der Waals surface area contributed by atoms with Crippen molar-refractivity contribution in [2.24, 2.45) is 0 Å². The molecule has 1 aromatic heterocycles. The van der Waals surface area contributed by atoms with E-state index in [1.165, 1.54) is 4.70 Å². The van der Waals surface area contributed by atoms with Crippen molar-refractivity contribution in [3.8, 4) is 0 Å². The Hall–Kier alpha value is -5.54. The maximum atomic E-state index is 13.1. The first kappa shape index (κ1) is 37.2. The van der Waals surface area contributed by atoms with Gasteiger partial charge >= 0.3 is 5.97 Å². The van der Waals surface area contributed by atoms with Crippen LogP contribution >= 0.6 is 11.3 Å². The molecule has 0 bridgehead atoms. The summed E-state index contributed by atoms with van der Waals surface area (Å²) in [5, 5.41) is 11.9. The SMILES string of the molecule is CCN(CC)c1ccc(C2=C(O)C(=C3C=CC(=[N+](CC)CCOC(=O)CCCN(C)c4ccc(/C=C/c5nc6ccccc6s5)cc4)C=C3)C2=O)cc1. The number of carbonyl (C=O) groups is 2. The molecule has 4 aromatic rings. The van der Waals surface area contributed by atoms with E-state index in [0.29, 0.717) is 36.1 Å². The van der Waals surface area contributed by atoms with Gasteiger partial charge in [0.1, 0.15) is 23.9 Å². The molecule has 0 radical (unpaired) electrons. The minimum absolute atomic E-state index is 0.0339. The molecule has 2 aliphatic rings. The number of thiazole rings is 1. The first-order chi connectivity index (χ1) is 25.8. The van der Waals surface area contributed by atoms with E-state index >= 15 is 0 Å². The molecule has 0 aliphatic heterocycles. The Kier molecular flexibility index (Phi) is 12.2. The molecule has 6 rings (SSSR count). The number of carbonyl (C=O) groups excluding carboxylic acids is 2.